The Kier molecular flexibility index (Phi) is 9.48. The number of aryl methyl sites for hydroxylation is 1. The van der Waals surface area contributed by atoms with Gasteiger partial charge in [-0.1, -0.05) is 13.3 Å². The molecule has 10 heteroatoms. The van der Waals surface area contributed by atoms with Crippen LogP contribution in [0, 0.1) is 5.82 Å². The number of aromatic amines is 1. The Bertz CT molecular complexity index is 1280. The molecule has 0 spiro atoms. The Labute approximate surface area is 215 Å². The molecular weight excluding hydrogens is 479 g/mol. The number of hydrogen-bond donors (Lipinski definition) is 2. The van der Waals surface area contributed by atoms with Gasteiger partial charge in [-0.15, -0.1) is 0 Å². The van der Waals surface area contributed by atoms with Gasteiger partial charge >= 0.3 is 0 Å². The molecule has 0 bridgehead atoms. The van der Waals surface area contributed by atoms with E-state index in [-0.39, 0.29) is 11.1 Å². The minimum atomic E-state index is -0.504. The topological polar surface area (TPSA) is 107 Å². The summed E-state index contributed by atoms with van der Waals surface area (Å²) >= 11 is 0. The van der Waals surface area contributed by atoms with Gasteiger partial charge < -0.3 is 14.2 Å². The largest absolute Gasteiger partial charge is 0.490 e. The molecule has 1 heterocycles. The van der Waals surface area contributed by atoms with Gasteiger partial charge in [0.1, 0.15) is 5.82 Å². The second-order valence-electron chi connectivity index (χ2n) is 8.07. The Balaban J connectivity index is 1.94. The molecule has 0 aliphatic rings. The molecule has 0 saturated carbocycles. The first-order chi connectivity index (χ1) is 17.8. The fourth-order valence-corrected chi connectivity index (χ4v) is 3.83. The normalized spacial score (nSPS) is 11.4. The number of hydrazone groups is 1. The molecule has 37 heavy (non-hydrogen) atoms. The average Bonchev–Trinajstić information content (AvgIpc) is 3.20. The van der Waals surface area contributed by atoms with E-state index in [1.54, 1.807) is 19.1 Å². The third-order valence-electron chi connectivity index (χ3n) is 5.41. The van der Waals surface area contributed by atoms with Crippen LogP contribution in [0.2, 0.25) is 0 Å². The van der Waals surface area contributed by atoms with Gasteiger partial charge in [-0.25, -0.2) is 14.5 Å². The molecule has 0 unspecified atom stereocenters. The van der Waals surface area contributed by atoms with Crippen LogP contribution < -0.4 is 25.2 Å². The van der Waals surface area contributed by atoms with E-state index in [1.807, 2.05) is 27.7 Å². The zero-order valence-electron chi connectivity index (χ0n) is 21.8. The lowest BCUT2D eigenvalue weighted by molar-refractivity contribution is 0.0953. The van der Waals surface area contributed by atoms with Crippen molar-refractivity contribution in [2.45, 2.75) is 47.5 Å². The van der Waals surface area contributed by atoms with Crippen molar-refractivity contribution in [2.24, 2.45) is 5.10 Å². The van der Waals surface area contributed by atoms with Crippen LogP contribution in [0.25, 0.3) is 5.69 Å². The van der Waals surface area contributed by atoms with E-state index in [4.69, 9.17) is 14.2 Å². The van der Waals surface area contributed by atoms with Crippen molar-refractivity contribution in [3.05, 3.63) is 69.4 Å². The molecule has 0 atom stereocenters. The second-order valence-corrected chi connectivity index (χ2v) is 8.07. The number of hydrogen-bond acceptors (Lipinski definition) is 6. The SMILES string of the molecule is CCCc1[nH]n(-c2ccc(F)cc2)c(=O)c1/C(C)=N/NC(=O)c1cc(OCC)c(OCC)c(OCC)c1. The minimum Gasteiger partial charge on any atom is -0.490 e. The summed E-state index contributed by atoms with van der Waals surface area (Å²) in [5.74, 6) is 0.307. The van der Waals surface area contributed by atoms with Crippen molar-refractivity contribution in [3.8, 4) is 22.9 Å². The molecule has 2 N–H and O–H groups in total. The molecule has 198 valence electrons. The Hall–Kier alpha value is -4.08. The van der Waals surface area contributed by atoms with Crippen LogP contribution in [0.3, 0.4) is 0 Å². The molecule has 2 aromatic carbocycles. The van der Waals surface area contributed by atoms with Crippen LogP contribution in [0.5, 0.6) is 17.2 Å². The lowest BCUT2D eigenvalue weighted by Gasteiger charge is -2.16. The van der Waals surface area contributed by atoms with E-state index in [1.165, 1.54) is 28.9 Å². The van der Waals surface area contributed by atoms with Crippen LogP contribution in [-0.2, 0) is 6.42 Å². The van der Waals surface area contributed by atoms with E-state index >= 15 is 0 Å². The number of benzene rings is 2. The molecule has 0 aliphatic carbocycles. The van der Waals surface area contributed by atoms with Crippen molar-refractivity contribution in [3.63, 3.8) is 0 Å². The van der Waals surface area contributed by atoms with Crippen LogP contribution in [0.15, 0.2) is 46.3 Å². The van der Waals surface area contributed by atoms with Crippen LogP contribution in [-0.4, -0.2) is 41.2 Å². The summed E-state index contributed by atoms with van der Waals surface area (Å²) in [6.45, 7) is 10.3. The second kappa shape index (κ2) is 12.8. The lowest BCUT2D eigenvalue weighted by Crippen LogP contribution is -2.23. The van der Waals surface area contributed by atoms with Gasteiger partial charge in [-0.3, -0.25) is 14.7 Å². The van der Waals surface area contributed by atoms with Crippen molar-refractivity contribution in [1.82, 2.24) is 15.2 Å². The van der Waals surface area contributed by atoms with Crippen molar-refractivity contribution in [2.75, 3.05) is 19.8 Å². The average molecular weight is 513 g/mol. The van der Waals surface area contributed by atoms with Gasteiger partial charge in [0, 0.05) is 11.3 Å². The van der Waals surface area contributed by atoms with Crippen molar-refractivity contribution < 1.29 is 23.4 Å². The summed E-state index contributed by atoms with van der Waals surface area (Å²) in [7, 11) is 0. The number of carbonyl (C=O) groups is 1. The molecule has 3 aromatic rings. The zero-order valence-corrected chi connectivity index (χ0v) is 21.8. The highest BCUT2D eigenvalue weighted by molar-refractivity contribution is 6.01. The van der Waals surface area contributed by atoms with Gasteiger partial charge in [0.05, 0.1) is 36.8 Å². The molecular formula is C27H33FN4O5. The van der Waals surface area contributed by atoms with Crippen LogP contribution in [0.1, 0.15) is 62.7 Å². The number of amides is 1. The molecule has 0 radical (unpaired) electrons. The van der Waals surface area contributed by atoms with Crippen molar-refractivity contribution >= 4 is 11.6 Å². The lowest BCUT2D eigenvalue weighted by atomic mass is 10.1. The summed E-state index contributed by atoms with van der Waals surface area (Å²) in [4.78, 5) is 26.3. The first kappa shape index (κ1) is 27.5. The Morgan fingerprint density at radius 3 is 2.14 bits per heavy atom. The maximum absolute atomic E-state index is 13.4. The smallest absolute Gasteiger partial charge is 0.280 e. The van der Waals surface area contributed by atoms with E-state index in [9.17, 15) is 14.0 Å². The van der Waals surface area contributed by atoms with Gasteiger partial charge in [0.15, 0.2) is 11.5 Å². The number of nitrogens with zero attached hydrogens (tertiary/aromatic N) is 2. The molecule has 1 aromatic heterocycles. The molecule has 0 saturated heterocycles. The van der Waals surface area contributed by atoms with E-state index in [0.717, 1.165) is 6.42 Å². The third-order valence-corrected chi connectivity index (χ3v) is 5.41. The number of ether oxygens (including phenoxy) is 3. The van der Waals surface area contributed by atoms with Crippen LogP contribution in [0.4, 0.5) is 4.39 Å². The summed E-state index contributed by atoms with van der Waals surface area (Å²) in [5.41, 5.74) is 4.29. The van der Waals surface area contributed by atoms with E-state index in [0.29, 0.717) is 66.1 Å². The highest BCUT2D eigenvalue weighted by Gasteiger charge is 2.20. The molecule has 9 nitrogen and oxygen atoms in total. The quantitative estimate of drug-likeness (QED) is 0.272. The molecule has 1 amide bonds. The highest BCUT2D eigenvalue weighted by atomic mass is 19.1. The zero-order chi connectivity index (χ0) is 26.9. The third kappa shape index (κ3) is 6.38. The van der Waals surface area contributed by atoms with Crippen molar-refractivity contribution in [1.29, 1.82) is 0 Å². The Morgan fingerprint density at radius 2 is 1.59 bits per heavy atom. The van der Waals surface area contributed by atoms with Gasteiger partial charge in [-0.2, -0.15) is 5.10 Å². The van der Waals surface area contributed by atoms with E-state index in [2.05, 4.69) is 15.6 Å². The Morgan fingerprint density at radius 1 is 1.00 bits per heavy atom. The molecule has 3 rings (SSSR count). The summed E-state index contributed by atoms with van der Waals surface area (Å²) < 4.78 is 31.8. The maximum Gasteiger partial charge on any atom is 0.280 e. The van der Waals surface area contributed by atoms with Crippen LogP contribution >= 0.6 is 0 Å². The summed E-state index contributed by atoms with van der Waals surface area (Å²) in [6.07, 6.45) is 1.37. The van der Waals surface area contributed by atoms with Gasteiger partial charge in [-0.05, 0) is 70.5 Å². The summed E-state index contributed by atoms with van der Waals surface area (Å²) in [6, 6.07) is 8.73. The first-order valence-corrected chi connectivity index (χ1v) is 12.4. The number of carbonyl (C=O) groups excluding carboxylic acids is 1. The fraction of sp³-hybridized carbons (Fsp3) is 0.370. The number of halogens is 1. The molecule has 0 aliphatic heterocycles. The van der Waals surface area contributed by atoms with Gasteiger partial charge in [0.25, 0.3) is 11.5 Å². The minimum absolute atomic E-state index is 0.262. The number of aromatic nitrogens is 2. The monoisotopic (exact) mass is 512 g/mol. The summed E-state index contributed by atoms with van der Waals surface area (Å²) in [5, 5.41) is 7.31. The number of rotatable bonds is 12. The number of nitrogens with one attached hydrogen (secondary N) is 2. The molecule has 0 fully saturated rings. The first-order valence-electron chi connectivity index (χ1n) is 12.4. The highest BCUT2D eigenvalue weighted by Crippen LogP contribution is 2.39. The number of H-pyrrole nitrogens is 1. The predicted molar refractivity (Wildman–Crippen MR) is 140 cm³/mol. The predicted octanol–water partition coefficient (Wildman–Crippen LogP) is 4.61. The standard InChI is InChI=1S/C27H33FN4O5/c1-6-10-21-24(27(34)32(31-21)20-13-11-19(28)12-14-20)17(5)29-30-26(33)18-15-22(35-7-2)25(37-9-4)23(16-18)36-8-3/h11-16,31H,6-10H2,1-5H3,(H,30,33)/b29-17+. The maximum atomic E-state index is 13.4. The van der Waals surface area contributed by atoms with E-state index < -0.39 is 11.7 Å². The fourth-order valence-electron chi connectivity index (χ4n) is 3.83. The van der Waals surface area contributed by atoms with Gasteiger partial charge in [0.2, 0.25) is 5.75 Å².